The van der Waals surface area contributed by atoms with E-state index < -0.39 is 6.04 Å². The van der Waals surface area contributed by atoms with E-state index in [0.717, 1.165) is 6.42 Å². The van der Waals surface area contributed by atoms with Gasteiger partial charge in [-0.25, -0.2) is 0 Å². The van der Waals surface area contributed by atoms with Crippen molar-refractivity contribution < 1.29 is 9.66 Å². The zero-order chi connectivity index (χ0) is 7.56. The van der Waals surface area contributed by atoms with Gasteiger partial charge < -0.3 is 4.74 Å². The van der Waals surface area contributed by atoms with Crippen LogP contribution in [-0.4, -0.2) is 24.2 Å². The SMILES string of the molecule is CC(C1CCOC1)[N+](=O)[O-]. The van der Waals surface area contributed by atoms with Crippen LogP contribution in [0.4, 0.5) is 0 Å². The molecular weight excluding hydrogens is 134 g/mol. The maximum Gasteiger partial charge on any atom is 0.215 e. The molecule has 2 unspecified atom stereocenters. The average molecular weight is 145 g/mol. The molecule has 4 nitrogen and oxygen atoms in total. The van der Waals surface area contributed by atoms with Gasteiger partial charge in [-0.15, -0.1) is 0 Å². The highest BCUT2D eigenvalue weighted by atomic mass is 16.6. The molecule has 1 fully saturated rings. The highest BCUT2D eigenvalue weighted by Gasteiger charge is 2.29. The third-order valence-electron chi connectivity index (χ3n) is 1.98. The molecule has 0 saturated carbocycles. The average Bonchev–Trinajstić information content (AvgIpc) is 2.36. The van der Waals surface area contributed by atoms with E-state index in [4.69, 9.17) is 4.74 Å². The van der Waals surface area contributed by atoms with Crippen LogP contribution < -0.4 is 0 Å². The first kappa shape index (κ1) is 7.47. The van der Waals surface area contributed by atoms with E-state index >= 15 is 0 Å². The Labute approximate surface area is 59.3 Å². The summed E-state index contributed by atoms with van der Waals surface area (Å²) >= 11 is 0. The van der Waals surface area contributed by atoms with Gasteiger partial charge in [0.25, 0.3) is 0 Å². The number of hydrogen-bond acceptors (Lipinski definition) is 3. The molecule has 4 heteroatoms. The topological polar surface area (TPSA) is 52.4 Å². The van der Waals surface area contributed by atoms with Crippen molar-refractivity contribution in [1.29, 1.82) is 0 Å². The summed E-state index contributed by atoms with van der Waals surface area (Å²) in [4.78, 5) is 10.00. The fourth-order valence-electron chi connectivity index (χ4n) is 1.11. The summed E-state index contributed by atoms with van der Waals surface area (Å²) in [5.41, 5.74) is 0. The molecule has 0 aliphatic carbocycles. The van der Waals surface area contributed by atoms with Crippen LogP contribution in [0.5, 0.6) is 0 Å². The first-order chi connectivity index (χ1) is 4.72. The largest absolute Gasteiger partial charge is 0.381 e. The minimum atomic E-state index is -0.442. The van der Waals surface area contributed by atoms with Crippen molar-refractivity contribution in [1.82, 2.24) is 0 Å². The molecule has 1 aliphatic heterocycles. The van der Waals surface area contributed by atoms with E-state index in [1.54, 1.807) is 6.92 Å². The molecule has 0 amide bonds. The Morgan fingerprint density at radius 2 is 2.50 bits per heavy atom. The summed E-state index contributed by atoms with van der Waals surface area (Å²) in [6, 6.07) is -0.442. The fourth-order valence-corrected chi connectivity index (χ4v) is 1.11. The maximum atomic E-state index is 10.2. The Morgan fingerprint density at radius 1 is 1.80 bits per heavy atom. The number of rotatable bonds is 2. The van der Waals surface area contributed by atoms with Crippen LogP contribution in [0.2, 0.25) is 0 Å². The molecular formula is C6H11NO3. The predicted octanol–water partition coefficient (Wildman–Crippen LogP) is 0.688. The number of ether oxygens (including phenoxy) is 1. The van der Waals surface area contributed by atoms with Gasteiger partial charge in [-0.05, 0) is 6.42 Å². The van der Waals surface area contributed by atoms with Gasteiger partial charge in [-0.2, -0.15) is 0 Å². The van der Waals surface area contributed by atoms with Crippen LogP contribution >= 0.6 is 0 Å². The first-order valence-electron chi connectivity index (χ1n) is 3.43. The van der Waals surface area contributed by atoms with Crippen molar-refractivity contribution >= 4 is 0 Å². The van der Waals surface area contributed by atoms with Crippen LogP contribution in [0.3, 0.4) is 0 Å². The highest BCUT2D eigenvalue weighted by Crippen LogP contribution is 2.17. The molecule has 0 radical (unpaired) electrons. The molecule has 1 aliphatic rings. The summed E-state index contributed by atoms with van der Waals surface area (Å²) < 4.78 is 5.02. The summed E-state index contributed by atoms with van der Waals surface area (Å²) in [6.45, 7) is 2.88. The van der Waals surface area contributed by atoms with Gasteiger partial charge in [-0.3, -0.25) is 10.1 Å². The molecule has 0 aromatic rings. The summed E-state index contributed by atoms with van der Waals surface area (Å²) in [5, 5.41) is 10.2. The molecule has 0 spiro atoms. The van der Waals surface area contributed by atoms with Gasteiger partial charge in [0.05, 0.1) is 12.5 Å². The van der Waals surface area contributed by atoms with Crippen LogP contribution in [0, 0.1) is 16.0 Å². The zero-order valence-electron chi connectivity index (χ0n) is 5.95. The normalized spacial score (nSPS) is 28.3. The highest BCUT2D eigenvalue weighted by molar-refractivity contribution is 4.69. The van der Waals surface area contributed by atoms with Gasteiger partial charge in [0.2, 0.25) is 6.04 Å². The third kappa shape index (κ3) is 1.44. The molecule has 0 aromatic heterocycles. The monoisotopic (exact) mass is 145 g/mol. The Hall–Kier alpha value is -0.640. The molecule has 1 rings (SSSR count). The Balaban J connectivity index is 2.39. The van der Waals surface area contributed by atoms with E-state index in [-0.39, 0.29) is 10.8 Å². The fraction of sp³-hybridized carbons (Fsp3) is 1.00. The molecule has 2 atom stereocenters. The van der Waals surface area contributed by atoms with Gasteiger partial charge in [0.15, 0.2) is 0 Å². The van der Waals surface area contributed by atoms with Crippen LogP contribution in [-0.2, 0) is 4.74 Å². The second-order valence-electron chi connectivity index (χ2n) is 2.65. The van der Waals surface area contributed by atoms with Crippen molar-refractivity contribution in [3.8, 4) is 0 Å². The number of nitro groups is 1. The maximum absolute atomic E-state index is 10.2. The minimum absolute atomic E-state index is 0.134. The van der Waals surface area contributed by atoms with Crippen molar-refractivity contribution in [2.45, 2.75) is 19.4 Å². The summed E-state index contributed by atoms with van der Waals surface area (Å²) in [7, 11) is 0. The van der Waals surface area contributed by atoms with Crippen molar-refractivity contribution in [3.63, 3.8) is 0 Å². The van der Waals surface area contributed by atoms with E-state index in [9.17, 15) is 10.1 Å². The van der Waals surface area contributed by atoms with Crippen molar-refractivity contribution in [2.75, 3.05) is 13.2 Å². The van der Waals surface area contributed by atoms with Gasteiger partial charge in [0, 0.05) is 18.5 Å². The lowest BCUT2D eigenvalue weighted by atomic mass is 10.0. The van der Waals surface area contributed by atoms with Crippen LogP contribution in [0.1, 0.15) is 13.3 Å². The molecule has 0 aromatic carbocycles. The Kier molecular flexibility index (Phi) is 2.21. The Bertz CT molecular complexity index is 131. The minimum Gasteiger partial charge on any atom is -0.381 e. The second-order valence-corrected chi connectivity index (χ2v) is 2.65. The zero-order valence-corrected chi connectivity index (χ0v) is 5.95. The lowest BCUT2D eigenvalue weighted by molar-refractivity contribution is -0.527. The third-order valence-corrected chi connectivity index (χ3v) is 1.98. The summed E-state index contributed by atoms with van der Waals surface area (Å²) in [6.07, 6.45) is 0.835. The molecule has 1 heterocycles. The molecule has 1 saturated heterocycles. The van der Waals surface area contributed by atoms with E-state index in [2.05, 4.69) is 0 Å². The van der Waals surface area contributed by atoms with E-state index in [0.29, 0.717) is 13.2 Å². The number of hydrogen-bond donors (Lipinski definition) is 0. The van der Waals surface area contributed by atoms with Gasteiger partial charge in [-0.1, -0.05) is 0 Å². The van der Waals surface area contributed by atoms with Gasteiger partial charge in [0.1, 0.15) is 0 Å². The molecule has 0 bridgehead atoms. The Morgan fingerprint density at radius 3 is 2.90 bits per heavy atom. The first-order valence-corrected chi connectivity index (χ1v) is 3.43. The standard InChI is InChI=1S/C6H11NO3/c1-5(7(8)9)6-2-3-10-4-6/h5-6H,2-4H2,1H3. The predicted molar refractivity (Wildman–Crippen MR) is 35.4 cm³/mol. The number of nitrogens with zero attached hydrogens (tertiary/aromatic N) is 1. The van der Waals surface area contributed by atoms with Crippen molar-refractivity contribution in [3.05, 3.63) is 10.1 Å². The lowest BCUT2D eigenvalue weighted by Gasteiger charge is -2.07. The lowest BCUT2D eigenvalue weighted by Crippen LogP contribution is -2.25. The second kappa shape index (κ2) is 2.96. The smallest absolute Gasteiger partial charge is 0.215 e. The molecule has 0 N–H and O–H groups in total. The van der Waals surface area contributed by atoms with Gasteiger partial charge >= 0.3 is 0 Å². The molecule has 10 heavy (non-hydrogen) atoms. The van der Waals surface area contributed by atoms with E-state index in [1.807, 2.05) is 0 Å². The van der Waals surface area contributed by atoms with Crippen molar-refractivity contribution in [2.24, 2.45) is 5.92 Å². The quantitative estimate of drug-likeness (QED) is 0.424. The molecule has 58 valence electrons. The summed E-state index contributed by atoms with van der Waals surface area (Å²) in [5.74, 6) is 0.134. The van der Waals surface area contributed by atoms with Crippen LogP contribution in [0.15, 0.2) is 0 Å². The van der Waals surface area contributed by atoms with E-state index in [1.165, 1.54) is 0 Å². The van der Waals surface area contributed by atoms with Crippen LogP contribution in [0.25, 0.3) is 0 Å².